The number of hydrogen-bond acceptors (Lipinski definition) is 4. The number of benzene rings is 3. The second-order valence-electron chi connectivity index (χ2n) is 7.50. The molecular weight excluding hydrogens is 442 g/mol. The van der Waals surface area contributed by atoms with Crippen LogP contribution in [0.2, 0.25) is 0 Å². The molecule has 2 N–H and O–H groups in total. The molecule has 3 aromatic carbocycles. The van der Waals surface area contributed by atoms with E-state index in [4.69, 9.17) is 10.5 Å². The van der Waals surface area contributed by atoms with Crippen LogP contribution in [0.4, 0.5) is 5.69 Å². The molecule has 1 aromatic heterocycles. The monoisotopic (exact) mass is 473 g/mol. The number of carboxylic acid groups (broad SMARTS) is 1. The van der Waals surface area contributed by atoms with Gasteiger partial charge >= 0.3 is 5.97 Å². The number of aryl methyl sites for hydroxylation is 1. The minimum Gasteiger partial charge on any atom is -0.481 e. The van der Waals surface area contributed by atoms with Crippen LogP contribution in [0.1, 0.15) is 43.9 Å². The van der Waals surface area contributed by atoms with Gasteiger partial charge in [-0.25, -0.2) is 0 Å². The molecule has 4 rings (SSSR count). The van der Waals surface area contributed by atoms with Crippen LogP contribution in [0.25, 0.3) is 16.6 Å². The van der Waals surface area contributed by atoms with E-state index in [0.29, 0.717) is 17.8 Å². The Hall–Kier alpha value is -4.26. The molecule has 0 amide bonds. The van der Waals surface area contributed by atoms with Crippen molar-refractivity contribution in [2.75, 3.05) is 0 Å². The topological polar surface area (TPSA) is 109 Å². The van der Waals surface area contributed by atoms with E-state index < -0.39 is 5.97 Å². The molecule has 0 unspecified atom stereocenters. The first-order valence-corrected chi connectivity index (χ1v) is 11.5. The molecule has 0 radical (unpaired) electrons. The van der Waals surface area contributed by atoms with Gasteiger partial charge in [-0.05, 0) is 30.2 Å². The molecule has 0 aliphatic rings. The van der Waals surface area contributed by atoms with Gasteiger partial charge in [-0.1, -0.05) is 75.4 Å². The fourth-order valence-corrected chi connectivity index (χ4v) is 3.54. The smallest absolute Gasteiger partial charge is 0.303 e. The van der Waals surface area contributed by atoms with Crippen molar-refractivity contribution < 1.29 is 14.8 Å². The summed E-state index contributed by atoms with van der Waals surface area (Å²) in [7, 11) is 0. The summed E-state index contributed by atoms with van der Waals surface area (Å²) in [5.41, 5.74) is 4.92. The van der Waals surface area contributed by atoms with Crippen molar-refractivity contribution in [1.82, 2.24) is 4.57 Å². The molecule has 1 heterocycles. The van der Waals surface area contributed by atoms with Crippen LogP contribution < -0.4 is 0 Å². The number of carboxylic acids is 1. The fourth-order valence-electron chi connectivity index (χ4n) is 3.54. The van der Waals surface area contributed by atoms with Gasteiger partial charge in [0.15, 0.2) is 0 Å². The fraction of sp³-hybridized carbons (Fsp3) is 0.214. The van der Waals surface area contributed by atoms with Gasteiger partial charge in [0.25, 0.3) is 5.69 Å². The van der Waals surface area contributed by atoms with Crippen molar-refractivity contribution in [3.63, 3.8) is 0 Å². The van der Waals surface area contributed by atoms with Gasteiger partial charge in [-0.2, -0.15) is 0 Å². The molecule has 4 aromatic rings. The third kappa shape index (κ3) is 6.63. The third-order valence-electron chi connectivity index (χ3n) is 5.31. The Morgan fingerprint density at radius 1 is 1.00 bits per heavy atom. The van der Waals surface area contributed by atoms with Crippen molar-refractivity contribution >= 4 is 28.3 Å². The Morgan fingerprint density at radius 3 is 2.20 bits per heavy atom. The van der Waals surface area contributed by atoms with Gasteiger partial charge in [-0.3, -0.25) is 14.9 Å². The maximum atomic E-state index is 11.5. The Bertz CT molecular complexity index is 1320. The highest BCUT2D eigenvalue weighted by Crippen LogP contribution is 2.30. The summed E-state index contributed by atoms with van der Waals surface area (Å²) in [5, 5.41) is 28.9. The normalized spacial score (nSPS) is 9.94. The average Bonchev–Trinajstić information content (AvgIpc) is 3.27. The molecule has 35 heavy (non-hydrogen) atoms. The zero-order valence-corrected chi connectivity index (χ0v) is 20.5. The number of nitrogens with one attached hydrogen (secondary N) is 1. The Morgan fingerprint density at radius 2 is 1.57 bits per heavy atom. The average molecular weight is 474 g/mol. The summed E-state index contributed by atoms with van der Waals surface area (Å²) < 4.78 is 1.81. The summed E-state index contributed by atoms with van der Waals surface area (Å²) in [6.07, 6.45) is 2.57. The second-order valence-corrected chi connectivity index (χ2v) is 7.50. The van der Waals surface area contributed by atoms with Gasteiger partial charge in [-0.15, -0.1) is 0 Å². The molecule has 0 spiro atoms. The summed E-state index contributed by atoms with van der Waals surface area (Å²) in [6, 6.07) is 22.4. The van der Waals surface area contributed by atoms with Crippen LogP contribution in [0, 0.1) is 22.4 Å². The Kier molecular flexibility index (Phi) is 9.90. The molecule has 0 aliphatic heterocycles. The van der Waals surface area contributed by atoms with E-state index in [1.807, 2.05) is 80.1 Å². The zero-order valence-electron chi connectivity index (χ0n) is 20.5. The Labute approximate surface area is 205 Å². The molecule has 0 saturated carbocycles. The van der Waals surface area contributed by atoms with Gasteiger partial charge < -0.3 is 15.1 Å². The third-order valence-corrected chi connectivity index (χ3v) is 5.31. The lowest BCUT2D eigenvalue weighted by Crippen LogP contribution is -2.04. The molecule has 0 atom stereocenters. The van der Waals surface area contributed by atoms with Gasteiger partial charge in [0.1, 0.15) is 5.69 Å². The van der Waals surface area contributed by atoms with E-state index in [-0.39, 0.29) is 17.0 Å². The molecule has 0 aliphatic carbocycles. The Balaban J connectivity index is 0.000000551. The number of nitro benzene ring substituents is 1. The van der Waals surface area contributed by atoms with Crippen molar-refractivity contribution in [1.29, 1.82) is 5.41 Å². The van der Waals surface area contributed by atoms with Gasteiger partial charge in [0, 0.05) is 41.8 Å². The largest absolute Gasteiger partial charge is 0.481 e. The predicted octanol–water partition coefficient (Wildman–Crippen LogP) is 6.96. The molecule has 182 valence electrons. The second kappa shape index (κ2) is 12.8. The number of aromatic nitrogens is 1. The first kappa shape index (κ1) is 27.0. The van der Waals surface area contributed by atoms with Crippen LogP contribution >= 0.6 is 0 Å². The number of fused-ring (bicyclic) bond motifs is 1. The quantitative estimate of drug-likeness (QED) is 0.179. The van der Waals surface area contributed by atoms with E-state index in [1.165, 1.54) is 6.07 Å². The maximum absolute atomic E-state index is 11.5. The summed E-state index contributed by atoms with van der Waals surface area (Å²) in [4.78, 5) is 20.5. The van der Waals surface area contributed by atoms with Gasteiger partial charge in [0.05, 0.1) is 10.4 Å². The summed E-state index contributed by atoms with van der Waals surface area (Å²) in [5.74, 6) is -0.745. The minimum absolute atomic E-state index is 0.0419. The summed E-state index contributed by atoms with van der Waals surface area (Å²) >= 11 is 0. The molecule has 0 saturated heterocycles. The van der Waals surface area contributed by atoms with Crippen LogP contribution in [0.3, 0.4) is 0 Å². The molecule has 7 heteroatoms. The lowest BCUT2D eigenvalue weighted by Gasteiger charge is -2.06. The van der Waals surface area contributed by atoms with Crippen molar-refractivity contribution in [3.05, 3.63) is 106 Å². The van der Waals surface area contributed by atoms with Crippen LogP contribution in [-0.4, -0.2) is 26.3 Å². The van der Waals surface area contributed by atoms with Gasteiger partial charge in [0.2, 0.25) is 0 Å². The first-order chi connectivity index (χ1) is 16.8. The van der Waals surface area contributed by atoms with Crippen LogP contribution in [-0.2, 0) is 11.2 Å². The molecular formula is C28H31N3O4. The van der Waals surface area contributed by atoms with Crippen molar-refractivity contribution in [3.8, 4) is 5.69 Å². The number of carbonyl (C=O) groups is 1. The lowest BCUT2D eigenvalue weighted by molar-refractivity contribution is -0.384. The van der Waals surface area contributed by atoms with Crippen molar-refractivity contribution in [2.45, 2.75) is 40.5 Å². The number of hydrogen-bond donors (Lipinski definition) is 2. The lowest BCUT2D eigenvalue weighted by atomic mass is 9.99. The number of nitro groups is 1. The number of nitrogens with zero attached hydrogens (tertiary/aromatic N) is 2. The molecule has 0 fully saturated rings. The number of aliphatic carboxylic acids is 1. The SMILES string of the molecule is CC.CCC(=O)O.Cc1ccccc1CC(=N)c1cn(-c2ccccc2[N+](=O)[O-])c2ccccc12. The maximum Gasteiger partial charge on any atom is 0.303 e. The van der Waals surface area contributed by atoms with E-state index in [1.54, 1.807) is 25.1 Å². The molecule has 7 nitrogen and oxygen atoms in total. The highest BCUT2D eigenvalue weighted by atomic mass is 16.6. The van der Waals surface area contributed by atoms with E-state index >= 15 is 0 Å². The standard InChI is InChI=1S/C23H19N3O2.C3H6O2.C2H6/c1-16-8-2-3-9-17(16)14-20(24)19-15-25(21-11-5-4-10-18(19)21)22-12-6-7-13-23(22)26(27)28;1-2-3(4)5;1-2/h2-13,15,24H,14H2,1H3;2H2,1H3,(H,4,5);1-2H3. The first-order valence-electron chi connectivity index (χ1n) is 11.5. The van der Waals surface area contributed by atoms with E-state index in [2.05, 4.69) is 0 Å². The minimum atomic E-state index is -0.745. The van der Waals surface area contributed by atoms with Crippen LogP contribution in [0.5, 0.6) is 0 Å². The highest BCUT2D eigenvalue weighted by Gasteiger charge is 2.19. The number of rotatable bonds is 6. The predicted molar refractivity (Wildman–Crippen MR) is 141 cm³/mol. The van der Waals surface area contributed by atoms with Crippen LogP contribution in [0.15, 0.2) is 79.0 Å². The summed E-state index contributed by atoms with van der Waals surface area (Å²) in [6.45, 7) is 7.64. The van der Waals surface area contributed by atoms with Crippen molar-refractivity contribution in [2.24, 2.45) is 0 Å². The highest BCUT2D eigenvalue weighted by molar-refractivity contribution is 6.10. The zero-order chi connectivity index (χ0) is 26.0. The molecule has 0 bridgehead atoms. The number of para-hydroxylation sites is 3. The van der Waals surface area contributed by atoms with E-state index in [9.17, 15) is 14.9 Å². The van der Waals surface area contributed by atoms with E-state index in [0.717, 1.165) is 27.6 Å².